The maximum absolute atomic E-state index is 14.3. The van der Waals surface area contributed by atoms with Crippen LogP contribution in [0, 0.1) is 6.92 Å². The molecule has 1 atom stereocenters. The molecule has 232 valence electrons. The van der Waals surface area contributed by atoms with Gasteiger partial charge in [-0.3, -0.25) is 13.9 Å². The van der Waals surface area contributed by atoms with E-state index in [1.54, 1.807) is 13.0 Å². The summed E-state index contributed by atoms with van der Waals surface area (Å²) >= 11 is 6.30. The number of nitrogens with zero attached hydrogens (tertiary/aromatic N) is 2. The Kier molecular flexibility index (Phi) is 11.3. The maximum atomic E-state index is 14.3. The summed E-state index contributed by atoms with van der Waals surface area (Å²) in [6, 6.07) is 15.1. The average molecular weight is 632 g/mol. The van der Waals surface area contributed by atoms with Gasteiger partial charge in [0.1, 0.15) is 18.3 Å². The number of hydrogen-bond donors (Lipinski definition) is 1. The molecule has 3 aromatic carbocycles. The molecule has 1 N–H and O–H groups in total. The number of nitrogens with one attached hydrogen (secondary N) is 1. The van der Waals surface area contributed by atoms with Crippen LogP contribution in [-0.4, -0.2) is 65.1 Å². The van der Waals surface area contributed by atoms with Gasteiger partial charge in [0.15, 0.2) is 11.5 Å². The first-order chi connectivity index (χ1) is 20.3. The molecule has 0 spiro atoms. The monoisotopic (exact) mass is 631 g/mol. The molecule has 0 saturated heterocycles. The molecule has 1 unspecified atom stereocenters. The Labute approximate surface area is 258 Å². The molecule has 0 aliphatic rings. The molecule has 0 radical (unpaired) electrons. The topological polar surface area (TPSA) is 114 Å². The average Bonchev–Trinajstić information content (AvgIpc) is 2.97. The fourth-order valence-corrected chi connectivity index (χ4v) is 6.07. The van der Waals surface area contributed by atoms with Crippen molar-refractivity contribution in [2.45, 2.75) is 51.2 Å². The quantitative estimate of drug-likeness (QED) is 0.288. The Morgan fingerprint density at radius 2 is 1.53 bits per heavy atom. The standard InChI is InChI=1S/C31H38ClN3O7S/c1-20(2)33-31(37)22(4)34(18-23-10-8-9-21(3)15-23)30(36)19-35(26-16-24(32)11-13-27(26)40-5)43(38,39)25-12-14-28(41-6)29(17-25)42-7/h8-17,20,22H,18-19H2,1-7H3,(H,33,37). The number of methoxy groups -OCH3 is 3. The van der Waals surface area contributed by atoms with Crippen molar-refractivity contribution in [2.75, 3.05) is 32.2 Å². The third kappa shape index (κ3) is 8.11. The molecular weight excluding hydrogens is 594 g/mol. The molecule has 12 heteroatoms. The highest BCUT2D eigenvalue weighted by atomic mass is 35.5. The lowest BCUT2D eigenvalue weighted by Crippen LogP contribution is -2.52. The summed E-state index contributed by atoms with van der Waals surface area (Å²) in [6.07, 6.45) is 0. The van der Waals surface area contributed by atoms with Crippen LogP contribution < -0.4 is 23.8 Å². The van der Waals surface area contributed by atoms with Gasteiger partial charge in [-0.05, 0) is 63.6 Å². The number of carbonyl (C=O) groups excluding carboxylic acids is 2. The number of amides is 2. The van der Waals surface area contributed by atoms with E-state index in [1.165, 1.54) is 56.6 Å². The first-order valence-corrected chi connectivity index (χ1v) is 15.4. The van der Waals surface area contributed by atoms with Crippen LogP contribution in [0.4, 0.5) is 5.69 Å². The van der Waals surface area contributed by atoms with Crippen molar-refractivity contribution in [3.05, 3.63) is 76.8 Å². The van der Waals surface area contributed by atoms with Gasteiger partial charge in [0.25, 0.3) is 10.0 Å². The molecule has 0 aliphatic carbocycles. The van der Waals surface area contributed by atoms with E-state index < -0.39 is 28.5 Å². The summed E-state index contributed by atoms with van der Waals surface area (Å²) in [6.45, 7) is 6.59. The lowest BCUT2D eigenvalue weighted by molar-refractivity contribution is -0.139. The molecule has 10 nitrogen and oxygen atoms in total. The molecule has 2 amide bonds. The van der Waals surface area contributed by atoms with Crippen molar-refractivity contribution in [3.63, 3.8) is 0 Å². The summed E-state index contributed by atoms with van der Waals surface area (Å²) in [7, 11) is -0.207. The normalized spacial score (nSPS) is 11.9. The molecular formula is C31H38ClN3O7S. The van der Waals surface area contributed by atoms with Crippen molar-refractivity contribution >= 4 is 39.1 Å². The minimum atomic E-state index is -4.42. The highest BCUT2D eigenvalue weighted by Gasteiger charge is 2.34. The van der Waals surface area contributed by atoms with Crippen LogP contribution in [0.5, 0.6) is 17.2 Å². The lowest BCUT2D eigenvalue weighted by Gasteiger charge is -2.32. The summed E-state index contributed by atoms with van der Waals surface area (Å²) in [4.78, 5) is 28.5. The van der Waals surface area contributed by atoms with E-state index in [2.05, 4.69) is 5.32 Å². The van der Waals surface area contributed by atoms with E-state index in [1.807, 2.05) is 45.0 Å². The highest BCUT2D eigenvalue weighted by Crippen LogP contribution is 2.37. The molecule has 3 aromatic rings. The number of ether oxygens (including phenoxy) is 3. The number of sulfonamides is 1. The Morgan fingerprint density at radius 3 is 2.14 bits per heavy atom. The fourth-order valence-electron chi connectivity index (χ4n) is 4.47. The molecule has 3 rings (SSSR count). The smallest absolute Gasteiger partial charge is 0.265 e. The van der Waals surface area contributed by atoms with E-state index in [4.69, 9.17) is 25.8 Å². The van der Waals surface area contributed by atoms with Crippen LogP contribution in [-0.2, 0) is 26.2 Å². The van der Waals surface area contributed by atoms with Gasteiger partial charge in [-0.2, -0.15) is 0 Å². The number of benzene rings is 3. The molecule has 0 heterocycles. The zero-order chi connectivity index (χ0) is 31.9. The van der Waals surface area contributed by atoms with E-state index in [0.717, 1.165) is 15.4 Å². The van der Waals surface area contributed by atoms with E-state index in [0.29, 0.717) is 5.75 Å². The maximum Gasteiger partial charge on any atom is 0.265 e. The molecule has 0 fully saturated rings. The minimum Gasteiger partial charge on any atom is -0.495 e. The second-order valence-corrected chi connectivity index (χ2v) is 12.5. The first kappa shape index (κ1) is 33.5. The summed E-state index contributed by atoms with van der Waals surface area (Å²) in [5.41, 5.74) is 1.81. The van der Waals surface area contributed by atoms with Crippen molar-refractivity contribution in [3.8, 4) is 17.2 Å². The summed E-state index contributed by atoms with van der Waals surface area (Å²) < 4.78 is 45.5. The first-order valence-electron chi connectivity index (χ1n) is 13.6. The number of rotatable bonds is 13. The van der Waals surface area contributed by atoms with Crippen LogP contribution in [0.1, 0.15) is 31.9 Å². The van der Waals surface area contributed by atoms with Crippen LogP contribution in [0.2, 0.25) is 5.02 Å². The van der Waals surface area contributed by atoms with Crippen LogP contribution in [0.25, 0.3) is 0 Å². The van der Waals surface area contributed by atoms with Gasteiger partial charge in [0, 0.05) is 23.7 Å². The Morgan fingerprint density at radius 1 is 0.884 bits per heavy atom. The third-order valence-electron chi connectivity index (χ3n) is 6.67. The predicted octanol–water partition coefficient (Wildman–Crippen LogP) is 4.81. The van der Waals surface area contributed by atoms with Crippen molar-refractivity contribution in [1.82, 2.24) is 10.2 Å². The van der Waals surface area contributed by atoms with Gasteiger partial charge in [0.2, 0.25) is 11.8 Å². The largest absolute Gasteiger partial charge is 0.495 e. The molecule has 0 aliphatic heterocycles. The van der Waals surface area contributed by atoms with Crippen LogP contribution >= 0.6 is 11.6 Å². The highest BCUT2D eigenvalue weighted by molar-refractivity contribution is 7.92. The molecule has 0 aromatic heterocycles. The predicted molar refractivity (Wildman–Crippen MR) is 167 cm³/mol. The minimum absolute atomic E-state index is 0.0490. The Balaban J connectivity index is 2.15. The van der Waals surface area contributed by atoms with Gasteiger partial charge >= 0.3 is 0 Å². The number of aryl methyl sites for hydroxylation is 1. The lowest BCUT2D eigenvalue weighted by atomic mass is 10.1. The van der Waals surface area contributed by atoms with Crippen molar-refractivity contribution < 1.29 is 32.2 Å². The number of halogens is 1. The van der Waals surface area contributed by atoms with E-state index in [9.17, 15) is 18.0 Å². The Bertz CT molecular complexity index is 1560. The van der Waals surface area contributed by atoms with Crippen molar-refractivity contribution in [1.29, 1.82) is 0 Å². The van der Waals surface area contributed by atoms with Gasteiger partial charge < -0.3 is 24.4 Å². The summed E-state index contributed by atoms with van der Waals surface area (Å²) in [5.74, 6) is -0.284. The number of hydrogen-bond acceptors (Lipinski definition) is 7. The van der Waals surface area contributed by atoms with Crippen LogP contribution in [0.3, 0.4) is 0 Å². The zero-order valence-electron chi connectivity index (χ0n) is 25.4. The molecule has 0 bridgehead atoms. The van der Waals surface area contributed by atoms with Gasteiger partial charge in [0.05, 0.1) is 31.9 Å². The van der Waals surface area contributed by atoms with E-state index in [-0.39, 0.29) is 45.6 Å². The van der Waals surface area contributed by atoms with Crippen molar-refractivity contribution in [2.24, 2.45) is 0 Å². The van der Waals surface area contributed by atoms with Gasteiger partial charge in [-0.1, -0.05) is 41.4 Å². The third-order valence-corrected chi connectivity index (χ3v) is 8.66. The number of anilines is 1. The van der Waals surface area contributed by atoms with Gasteiger partial charge in [-0.15, -0.1) is 0 Å². The fraction of sp³-hybridized carbons (Fsp3) is 0.355. The molecule has 0 saturated carbocycles. The van der Waals surface area contributed by atoms with Crippen LogP contribution in [0.15, 0.2) is 65.6 Å². The summed E-state index contributed by atoms with van der Waals surface area (Å²) in [5, 5.41) is 3.07. The van der Waals surface area contributed by atoms with Gasteiger partial charge in [-0.25, -0.2) is 8.42 Å². The second kappa shape index (κ2) is 14.5. The Hall–Kier alpha value is -3.96. The van der Waals surface area contributed by atoms with E-state index >= 15 is 0 Å². The SMILES string of the molecule is COc1ccc(S(=O)(=O)N(CC(=O)N(Cc2cccc(C)c2)C(C)C(=O)NC(C)C)c2cc(Cl)ccc2OC)cc1OC. The number of carbonyl (C=O) groups is 2. The second-order valence-electron chi connectivity index (χ2n) is 10.2. The zero-order valence-corrected chi connectivity index (χ0v) is 27.0. The molecule has 43 heavy (non-hydrogen) atoms.